The Hall–Kier alpha value is -0.640. The van der Waals surface area contributed by atoms with Crippen LogP contribution >= 0.6 is 0 Å². The highest BCUT2D eigenvalue weighted by Gasteiger charge is 2.62. The smallest absolute Gasteiger partial charge is 0.0579 e. The van der Waals surface area contributed by atoms with Gasteiger partial charge in [-0.2, -0.15) is 0 Å². The fourth-order valence-corrected chi connectivity index (χ4v) is 8.63. The van der Waals surface area contributed by atoms with Crippen LogP contribution in [0.4, 0.5) is 0 Å². The zero-order valence-corrected chi connectivity index (χ0v) is 20.3. The third-order valence-electron chi connectivity index (χ3n) is 10.6. The Morgan fingerprint density at radius 1 is 1.19 bits per heavy atom. The Balaban J connectivity index is 1.56. The molecule has 4 aliphatic carbocycles. The number of fused-ring (bicyclic) bond motifs is 5. The number of hydrogen-bond donors (Lipinski definition) is 3. The van der Waals surface area contributed by atoms with Crippen molar-refractivity contribution in [2.24, 2.45) is 46.3 Å². The molecule has 0 saturated heterocycles. The van der Waals surface area contributed by atoms with Crippen molar-refractivity contribution >= 4 is 0 Å². The van der Waals surface area contributed by atoms with Gasteiger partial charge in [0.05, 0.1) is 18.8 Å². The molecule has 5 unspecified atom stereocenters. The van der Waals surface area contributed by atoms with Crippen molar-refractivity contribution in [2.75, 3.05) is 6.61 Å². The second-order valence-electron chi connectivity index (χ2n) is 12.3. The standard InChI is InChI=1S/C28H46O3/c1-17(2)18(3)6-7-19(4)24-15-25(31)26-22-9-8-20-14-21(30)10-13-28(20,16-29)23(22)11-12-27(24,26)5/h8,17,19,21-26,29-31H,3,6-7,9-16H2,1-2,4-5H3/t19?,21-,22?,23?,24?,25+,26?,27+,28+/m0/s1. The van der Waals surface area contributed by atoms with Crippen molar-refractivity contribution < 1.29 is 15.3 Å². The lowest BCUT2D eigenvalue weighted by Gasteiger charge is -2.59. The summed E-state index contributed by atoms with van der Waals surface area (Å²) in [6.45, 7) is 13.8. The number of aliphatic hydroxyl groups is 3. The van der Waals surface area contributed by atoms with Crippen LogP contribution in [0.25, 0.3) is 0 Å². The first-order chi connectivity index (χ1) is 14.6. The first kappa shape index (κ1) is 23.5. The summed E-state index contributed by atoms with van der Waals surface area (Å²) in [7, 11) is 0. The van der Waals surface area contributed by atoms with Crippen LogP contribution in [0, 0.1) is 46.3 Å². The van der Waals surface area contributed by atoms with E-state index in [0.29, 0.717) is 35.5 Å². The Morgan fingerprint density at radius 2 is 1.94 bits per heavy atom. The topological polar surface area (TPSA) is 60.7 Å². The van der Waals surface area contributed by atoms with Gasteiger partial charge in [-0.1, -0.05) is 51.5 Å². The molecular weight excluding hydrogens is 384 g/mol. The average molecular weight is 431 g/mol. The first-order valence-electron chi connectivity index (χ1n) is 13.0. The van der Waals surface area contributed by atoms with Gasteiger partial charge in [0.2, 0.25) is 0 Å². The van der Waals surface area contributed by atoms with Crippen molar-refractivity contribution in [3.05, 3.63) is 23.8 Å². The maximum Gasteiger partial charge on any atom is 0.0579 e. The van der Waals surface area contributed by atoms with E-state index in [2.05, 4.69) is 40.3 Å². The third kappa shape index (κ3) is 3.77. The molecule has 4 rings (SSSR count). The number of rotatable bonds is 6. The van der Waals surface area contributed by atoms with Crippen molar-refractivity contribution in [3.8, 4) is 0 Å². The summed E-state index contributed by atoms with van der Waals surface area (Å²) in [6.07, 6.45) is 10.8. The normalized spacial score (nSPS) is 45.5. The molecule has 3 nitrogen and oxygen atoms in total. The van der Waals surface area contributed by atoms with Gasteiger partial charge < -0.3 is 15.3 Å². The van der Waals surface area contributed by atoms with E-state index >= 15 is 0 Å². The predicted molar refractivity (Wildman–Crippen MR) is 126 cm³/mol. The van der Waals surface area contributed by atoms with Gasteiger partial charge in [0.15, 0.2) is 0 Å². The van der Waals surface area contributed by atoms with Gasteiger partial charge in [-0.25, -0.2) is 0 Å². The van der Waals surface area contributed by atoms with Gasteiger partial charge in [0.1, 0.15) is 0 Å². The molecule has 0 heterocycles. The highest BCUT2D eigenvalue weighted by molar-refractivity contribution is 5.27. The minimum Gasteiger partial charge on any atom is -0.395 e. The molecule has 0 spiro atoms. The van der Waals surface area contributed by atoms with Crippen LogP contribution in [0.2, 0.25) is 0 Å². The summed E-state index contributed by atoms with van der Waals surface area (Å²) in [5.41, 5.74) is 2.70. The van der Waals surface area contributed by atoms with Crippen LogP contribution in [0.1, 0.15) is 85.5 Å². The van der Waals surface area contributed by atoms with Gasteiger partial charge >= 0.3 is 0 Å². The molecule has 3 heteroatoms. The molecule has 0 radical (unpaired) electrons. The van der Waals surface area contributed by atoms with Crippen molar-refractivity contribution in [1.29, 1.82) is 0 Å². The first-order valence-corrected chi connectivity index (χ1v) is 13.0. The van der Waals surface area contributed by atoms with E-state index in [1.807, 2.05) is 0 Å². The molecule has 3 N–H and O–H groups in total. The maximum absolute atomic E-state index is 11.4. The Bertz CT molecular complexity index is 711. The number of hydrogen-bond acceptors (Lipinski definition) is 3. The lowest BCUT2D eigenvalue weighted by atomic mass is 9.46. The molecule has 0 aromatic carbocycles. The number of aliphatic hydroxyl groups excluding tert-OH is 3. The summed E-state index contributed by atoms with van der Waals surface area (Å²) in [5.74, 6) is 2.96. The Morgan fingerprint density at radius 3 is 2.61 bits per heavy atom. The SMILES string of the molecule is C=C(CCC(C)C1C[C@@H](O)C2C3CC=C4C[C@@H](O)CC[C@]4(CO)C3CC[C@]12C)C(C)C. The molecule has 0 amide bonds. The fraction of sp³-hybridized carbons (Fsp3) is 0.857. The van der Waals surface area contributed by atoms with Gasteiger partial charge in [0.25, 0.3) is 0 Å². The molecule has 4 aliphatic rings. The van der Waals surface area contributed by atoms with E-state index in [1.54, 1.807) is 0 Å². The summed E-state index contributed by atoms with van der Waals surface area (Å²) in [4.78, 5) is 0. The van der Waals surface area contributed by atoms with E-state index in [1.165, 1.54) is 17.6 Å². The van der Waals surface area contributed by atoms with E-state index in [-0.39, 0.29) is 29.6 Å². The minimum atomic E-state index is -0.251. The highest BCUT2D eigenvalue weighted by Crippen LogP contribution is 2.67. The molecule has 0 aromatic heterocycles. The quantitative estimate of drug-likeness (QED) is 0.488. The zero-order chi connectivity index (χ0) is 22.6. The second-order valence-corrected chi connectivity index (χ2v) is 12.3. The Kier molecular flexibility index (Phi) is 6.53. The van der Waals surface area contributed by atoms with Gasteiger partial charge in [-0.3, -0.25) is 0 Å². The molecular formula is C28H46O3. The van der Waals surface area contributed by atoms with E-state index in [9.17, 15) is 15.3 Å². The van der Waals surface area contributed by atoms with Crippen LogP contribution in [-0.2, 0) is 0 Å². The minimum absolute atomic E-state index is 0.151. The molecule has 9 atom stereocenters. The average Bonchev–Trinajstić information content (AvgIpc) is 3.02. The summed E-state index contributed by atoms with van der Waals surface area (Å²) >= 11 is 0. The van der Waals surface area contributed by atoms with E-state index < -0.39 is 0 Å². The van der Waals surface area contributed by atoms with Crippen LogP contribution in [0.15, 0.2) is 23.8 Å². The highest BCUT2D eigenvalue weighted by atomic mass is 16.3. The summed E-state index contributed by atoms with van der Waals surface area (Å²) in [5, 5.41) is 32.2. The van der Waals surface area contributed by atoms with Crippen molar-refractivity contribution in [3.63, 3.8) is 0 Å². The molecule has 3 fully saturated rings. The Labute approximate surface area is 190 Å². The molecule has 3 saturated carbocycles. The van der Waals surface area contributed by atoms with Crippen LogP contribution in [-0.4, -0.2) is 34.1 Å². The lowest BCUT2D eigenvalue weighted by molar-refractivity contribution is -0.0986. The summed E-state index contributed by atoms with van der Waals surface area (Å²) in [6, 6.07) is 0. The van der Waals surface area contributed by atoms with Crippen LogP contribution in [0.3, 0.4) is 0 Å². The molecule has 0 bridgehead atoms. The lowest BCUT2D eigenvalue weighted by Crippen LogP contribution is -2.54. The maximum atomic E-state index is 11.4. The van der Waals surface area contributed by atoms with Crippen LogP contribution < -0.4 is 0 Å². The fourth-order valence-electron chi connectivity index (χ4n) is 8.63. The van der Waals surface area contributed by atoms with E-state index in [4.69, 9.17) is 0 Å². The third-order valence-corrected chi connectivity index (χ3v) is 10.6. The largest absolute Gasteiger partial charge is 0.395 e. The number of allylic oxidation sites excluding steroid dienone is 2. The summed E-state index contributed by atoms with van der Waals surface area (Å²) < 4.78 is 0. The van der Waals surface area contributed by atoms with E-state index in [0.717, 1.165) is 51.4 Å². The van der Waals surface area contributed by atoms with Gasteiger partial charge in [-0.05, 0) is 98.7 Å². The van der Waals surface area contributed by atoms with Crippen LogP contribution in [0.5, 0.6) is 0 Å². The molecule has 31 heavy (non-hydrogen) atoms. The zero-order valence-electron chi connectivity index (χ0n) is 20.3. The molecule has 176 valence electrons. The molecule has 0 aliphatic heterocycles. The van der Waals surface area contributed by atoms with Crippen molar-refractivity contribution in [2.45, 2.75) is 97.7 Å². The van der Waals surface area contributed by atoms with Crippen molar-refractivity contribution in [1.82, 2.24) is 0 Å². The monoisotopic (exact) mass is 430 g/mol. The molecule has 0 aromatic rings. The second kappa shape index (κ2) is 8.61. The van der Waals surface area contributed by atoms with Gasteiger partial charge in [0, 0.05) is 5.41 Å². The van der Waals surface area contributed by atoms with Gasteiger partial charge in [-0.15, -0.1) is 0 Å². The predicted octanol–water partition coefficient (Wildman–Crippen LogP) is 5.50.